The van der Waals surface area contributed by atoms with Crippen molar-refractivity contribution in [1.82, 2.24) is 9.97 Å². The number of nitrogens with zero attached hydrogens (tertiary/aromatic N) is 2. The van der Waals surface area contributed by atoms with Gasteiger partial charge in [0.05, 0.1) is 22.1 Å². The van der Waals surface area contributed by atoms with Crippen molar-refractivity contribution in [2.75, 3.05) is 22.1 Å². The van der Waals surface area contributed by atoms with E-state index in [-0.39, 0.29) is 0 Å². The Balaban J connectivity index is 1.04. The summed E-state index contributed by atoms with van der Waals surface area (Å²) in [4.78, 5) is 9.64. The molecule has 0 unspecified atom stereocenters. The van der Waals surface area contributed by atoms with E-state index in [1.807, 2.05) is 36.4 Å². The molecule has 0 spiro atoms. The summed E-state index contributed by atoms with van der Waals surface area (Å²) in [6, 6.07) is 37.2. The number of fused-ring (bicyclic) bond motifs is 4. The lowest BCUT2D eigenvalue weighted by Gasteiger charge is -2.11. The predicted octanol–water partition coefficient (Wildman–Crippen LogP) is 7.48. The Morgan fingerprint density at radius 2 is 0.875 bits per heavy atom. The smallest absolute Gasteiger partial charge is 0.0730 e. The zero-order valence-corrected chi connectivity index (χ0v) is 21.9. The summed E-state index contributed by atoms with van der Waals surface area (Å²) < 4.78 is 0. The number of benzene rings is 5. The van der Waals surface area contributed by atoms with Gasteiger partial charge in [0.25, 0.3) is 0 Å². The average molecular weight is 521 g/mol. The zero-order chi connectivity index (χ0) is 27.1. The number of nitrogens with one attached hydrogen (secondary N) is 2. The summed E-state index contributed by atoms with van der Waals surface area (Å²) in [6.07, 6.45) is 0. The number of anilines is 4. The third-order valence-corrected chi connectivity index (χ3v) is 7.26. The standard InChI is InChI=1S/C34H28N6/c35-27-8-4-23-13-25-6-10-29(17-33(25)39-31(23)15-27)37-19-21-2-1-3-22(12-21)20-38-30-11-7-26-14-24-5-9-28(36)16-32(24)40-34(26)18-30/h1-18,37-38H,19-20,35-36H2. The molecule has 0 bridgehead atoms. The van der Waals surface area contributed by atoms with Crippen molar-refractivity contribution in [3.05, 3.63) is 120 Å². The first-order valence-corrected chi connectivity index (χ1v) is 13.3. The van der Waals surface area contributed by atoms with E-state index in [9.17, 15) is 0 Å². The van der Waals surface area contributed by atoms with E-state index in [1.165, 1.54) is 11.1 Å². The number of aromatic nitrogens is 2. The summed E-state index contributed by atoms with van der Waals surface area (Å²) in [5, 5.41) is 11.5. The fraction of sp³-hybridized carbons (Fsp3) is 0.0588. The molecule has 0 aliphatic heterocycles. The van der Waals surface area contributed by atoms with Crippen LogP contribution >= 0.6 is 0 Å². The van der Waals surface area contributed by atoms with Crippen LogP contribution in [0.2, 0.25) is 0 Å². The van der Waals surface area contributed by atoms with Crippen molar-refractivity contribution in [2.24, 2.45) is 0 Å². The molecule has 0 saturated heterocycles. The van der Waals surface area contributed by atoms with Crippen molar-refractivity contribution >= 4 is 66.4 Å². The van der Waals surface area contributed by atoms with Crippen molar-refractivity contribution in [3.63, 3.8) is 0 Å². The van der Waals surface area contributed by atoms with Crippen LogP contribution in [-0.2, 0) is 13.1 Å². The maximum atomic E-state index is 5.96. The van der Waals surface area contributed by atoms with Gasteiger partial charge in [-0.3, -0.25) is 0 Å². The third-order valence-electron chi connectivity index (χ3n) is 7.26. The van der Waals surface area contributed by atoms with E-state index < -0.39 is 0 Å². The Labute approximate surface area is 231 Å². The van der Waals surface area contributed by atoms with Gasteiger partial charge >= 0.3 is 0 Å². The topological polar surface area (TPSA) is 102 Å². The van der Waals surface area contributed by atoms with Gasteiger partial charge in [-0.15, -0.1) is 0 Å². The second-order valence-corrected chi connectivity index (χ2v) is 10.2. The van der Waals surface area contributed by atoms with E-state index >= 15 is 0 Å². The maximum absolute atomic E-state index is 5.96. The lowest BCUT2D eigenvalue weighted by atomic mass is 10.1. The monoisotopic (exact) mass is 520 g/mol. The number of nitrogen functional groups attached to an aromatic ring is 2. The van der Waals surface area contributed by atoms with Crippen molar-refractivity contribution in [1.29, 1.82) is 0 Å². The van der Waals surface area contributed by atoms with Gasteiger partial charge in [-0.25, -0.2) is 9.97 Å². The minimum absolute atomic E-state index is 0.718. The van der Waals surface area contributed by atoms with Crippen molar-refractivity contribution in [3.8, 4) is 0 Å². The highest BCUT2D eigenvalue weighted by atomic mass is 14.9. The molecule has 7 rings (SSSR count). The van der Waals surface area contributed by atoms with Gasteiger partial charge in [0.1, 0.15) is 0 Å². The van der Waals surface area contributed by atoms with E-state index in [0.29, 0.717) is 0 Å². The fourth-order valence-electron chi connectivity index (χ4n) is 5.16. The number of pyridine rings is 2. The van der Waals surface area contributed by atoms with Gasteiger partial charge < -0.3 is 22.1 Å². The molecule has 0 amide bonds. The molecular weight excluding hydrogens is 492 g/mol. The highest BCUT2D eigenvalue weighted by Crippen LogP contribution is 2.26. The van der Waals surface area contributed by atoms with E-state index in [0.717, 1.165) is 79.5 Å². The van der Waals surface area contributed by atoms with Crippen molar-refractivity contribution in [2.45, 2.75) is 13.1 Å². The molecule has 2 aromatic heterocycles. The summed E-state index contributed by atoms with van der Waals surface area (Å²) in [5.41, 5.74) is 21.6. The molecule has 194 valence electrons. The van der Waals surface area contributed by atoms with Crippen LogP contribution in [0.4, 0.5) is 22.7 Å². The molecule has 5 aromatic carbocycles. The third kappa shape index (κ3) is 4.78. The van der Waals surface area contributed by atoms with E-state index in [1.54, 1.807) is 0 Å². The first-order valence-electron chi connectivity index (χ1n) is 13.3. The van der Waals surface area contributed by atoms with E-state index in [2.05, 4.69) is 83.4 Å². The van der Waals surface area contributed by atoms with Crippen LogP contribution in [0.25, 0.3) is 43.6 Å². The molecule has 0 fully saturated rings. The molecule has 2 heterocycles. The normalized spacial score (nSPS) is 11.4. The molecule has 0 saturated carbocycles. The molecule has 0 radical (unpaired) electrons. The largest absolute Gasteiger partial charge is 0.399 e. The van der Waals surface area contributed by atoms with Gasteiger partial charge in [-0.2, -0.15) is 0 Å². The molecule has 40 heavy (non-hydrogen) atoms. The minimum Gasteiger partial charge on any atom is -0.399 e. The van der Waals surface area contributed by atoms with Gasteiger partial charge in [0.15, 0.2) is 0 Å². The molecule has 0 aliphatic carbocycles. The van der Waals surface area contributed by atoms with Gasteiger partial charge in [-0.1, -0.05) is 48.5 Å². The molecular formula is C34H28N6. The van der Waals surface area contributed by atoms with Gasteiger partial charge in [0, 0.05) is 57.4 Å². The van der Waals surface area contributed by atoms with Crippen LogP contribution in [0.5, 0.6) is 0 Å². The van der Waals surface area contributed by atoms with Crippen LogP contribution < -0.4 is 22.1 Å². The lowest BCUT2D eigenvalue weighted by Crippen LogP contribution is -2.03. The molecule has 7 aromatic rings. The minimum atomic E-state index is 0.718. The molecule has 0 atom stereocenters. The second-order valence-electron chi connectivity index (χ2n) is 10.2. The first-order chi connectivity index (χ1) is 19.6. The van der Waals surface area contributed by atoms with Crippen LogP contribution in [0, 0.1) is 0 Å². The molecule has 0 aliphatic rings. The number of nitrogens with two attached hydrogens (primary N) is 2. The molecule has 6 N–H and O–H groups in total. The van der Waals surface area contributed by atoms with Crippen LogP contribution in [0.15, 0.2) is 109 Å². The number of rotatable bonds is 6. The lowest BCUT2D eigenvalue weighted by molar-refractivity contribution is 1.10. The van der Waals surface area contributed by atoms with E-state index in [4.69, 9.17) is 21.4 Å². The summed E-state index contributed by atoms with van der Waals surface area (Å²) in [6.45, 7) is 1.44. The predicted molar refractivity (Wildman–Crippen MR) is 168 cm³/mol. The first kappa shape index (κ1) is 23.7. The quantitative estimate of drug-likeness (QED) is 0.134. The Morgan fingerprint density at radius 1 is 0.450 bits per heavy atom. The van der Waals surface area contributed by atoms with Crippen LogP contribution in [0.1, 0.15) is 11.1 Å². The maximum Gasteiger partial charge on any atom is 0.0730 e. The van der Waals surface area contributed by atoms with Crippen molar-refractivity contribution < 1.29 is 0 Å². The Kier molecular flexibility index (Phi) is 5.78. The zero-order valence-electron chi connectivity index (χ0n) is 21.9. The Hall–Kier alpha value is -5.36. The highest BCUT2D eigenvalue weighted by molar-refractivity contribution is 5.96. The summed E-state index contributed by atoms with van der Waals surface area (Å²) >= 11 is 0. The van der Waals surface area contributed by atoms with Gasteiger partial charge in [-0.05, 0) is 71.8 Å². The SMILES string of the molecule is Nc1ccc2cc3ccc(NCc4cccc(CNc5ccc6cc7ccc(N)cc7nc6c5)c4)cc3nc2c1. The Morgan fingerprint density at radius 3 is 1.35 bits per heavy atom. The summed E-state index contributed by atoms with van der Waals surface area (Å²) in [5.74, 6) is 0. The number of hydrogen-bond acceptors (Lipinski definition) is 6. The second kappa shape index (κ2) is 9.75. The summed E-state index contributed by atoms with van der Waals surface area (Å²) in [7, 11) is 0. The molecule has 6 heteroatoms. The average Bonchev–Trinajstić information content (AvgIpc) is 2.97. The van der Waals surface area contributed by atoms with Crippen LogP contribution in [0.3, 0.4) is 0 Å². The highest BCUT2D eigenvalue weighted by Gasteiger charge is 2.05. The van der Waals surface area contributed by atoms with Crippen LogP contribution in [-0.4, -0.2) is 9.97 Å². The molecule has 6 nitrogen and oxygen atoms in total. The number of hydrogen-bond donors (Lipinski definition) is 4. The van der Waals surface area contributed by atoms with Gasteiger partial charge in [0.2, 0.25) is 0 Å². The fourth-order valence-corrected chi connectivity index (χ4v) is 5.16. The Bertz CT molecular complexity index is 1910.